The number of phenols is 1. The van der Waals surface area contributed by atoms with Crippen LogP contribution in [0.15, 0.2) is 48.1 Å². The van der Waals surface area contributed by atoms with Gasteiger partial charge in [0.05, 0.1) is 0 Å². The first-order chi connectivity index (χ1) is 8.15. The zero-order valence-corrected chi connectivity index (χ0v) is 10.6. The minimum Gasteiger partial charge on any atom is -0.508 e. The van der Waals surface area contributed by atoms with Gasteiger partial charge in [-0.05, 0) is 47.9 Å². The number of benzene rings is 1. The van der Waals surface area contributed by atoms with E-state index in [0.717, 1.165) is 12.8 Å². The highest BCUT2D eigenvalue weighted by Crippen LogP contribution is 2.24. The second kappa shape index (κ2) is 5.22. The van der Waals surface area contributed by atoms with Crippen molar-refractivity contribution in [1.29, 1.82) is 0 Å². The lowest BCUT2D eigenvalue weighted by atomic mass is 9.88. The second-order valence-corrected chi connectivity index (χ2v) is 5.05. The van der Waals surface area contributed by atoms with Crippen LogP contribution in [0, 0.1) is 11.8 Å². The third-order valence-electron chi connectivity index (χ3n) is 3.39. The van der Waals surface area contributed by atoms with E-state index in [1.54, 1.807) is 12.1 Å². The van der Waals surface area contributed by atoms with E-state index in [1.807, 2.05) is 12.1 Å². The molecule has 17 heavy (non-hydrogen) atoms. The molecule has 1 aromatic rings. The van der Waals surface area contributed by atoms with Gasteiger partial charge in [0.25, 0.3) is 0 Å². The molecule has 0 radical (unpaired) electrons. The minimum absolute atomic E-state index is 0.340. The molecule has 2 rings (SSSR count). The lowest BCUT2D eigenvalue weighted by Gasteiger charge is -2.18. The topological polar surface area (TPSA) is 20.2 Å². The van der Waals surface area contributed by atoms with E-state index in [4.69, 9.17) is 0 Å². The predicted octanol–water partition coefficient (Wildman–Crippen LogP) is 4.09. The van der Waals surface area contributed by atoms with Gasteiger partial charge in [0.15, 0.2) is 0 Å². The molecule has 0 saturated heterocycles. The van der Waals surface area contributed by atoms with Gasteiger partial charge < -0.3 is 5.11 Å². The van der Waals surface area contributed by atoms with Gasteiger partial charge in [-0.15, -0.1) is 0 Å². The summed E-state index contributed by atoms with van der Waals surface area (Å²) in [5, 5.41) is 9.25. The molecule has 0 heterocycles. The van der Waals surface area contributed by atoms with Crippen molar-refractivity contribution in [2.45, 2.75) is 26.7 Å². The van der Waals surface area contributed by atoms with Crippen LogP contribution in [-0.2, 0) is 6.42 Å². The summed E-state index contributed by atoms with van der Waals surface area (Å²) in [5.74, 6) is 1.56. The lowest BCUT2D eigenvalue weighted by Crippen LogP contribution is -2.05. The van der Waals surface area contributed by atoms with E-state index >= 15 is 0 Å². The lowest BCUT2D eigenvalue weighted by molar-refractivity contribution is 0.475. The third kappa shape index (κ3) is 3.23. The number of rotatable bonds is 3. The van der Waals surface area contributed by atoms with E-state index in [0.29, 0.717) is 17.6 Å². The third-order valence-corrected chi connectivity index (χ3v) is 3.39. The Kier molecular flexibility index (Phi) is 3.68. The fourth-order valence-electron chi connectivity index (χ4n) is 2.21. The molecule has 1 aromatic carbocycles. The van der Waals surface area contributed by atoms with Crippen LogP contribution < -0.4 is 0 Å². The first kappa shape index (κ1) is 12.0. The molecule has 0 bridgehead atoms. The predicted molar refractivity (Wildman–Crippen MR) is 72.0 cm³/mol. The molecular formula is C16H20O. The van der Waals surface area contributed by atoms with Crippen LogP contribution in [0.2, 0.25) is 0 Å². The summed E-state index contributed by atoms with van der Waals surface area (Å²) in [5.41, 5.74) is 2.72. The summed E-state index contributed by atoms with van der Waals surface area (Å²) in [4.78, 5) is 0. The van der Waals surface area contributed by atoms with Gasteiger partial charge in [0.2, 0.25) is 0 Å². The minimum atomic E-state index is 0.340. The SMILES string of the molecule is CC1C=CC(C(C)Cc2ccc(O)cc2)=CC1. The summed E-state index contributed by atoms with van der Waals surface area (Å²) < 4.78 is 0. The van der Waals surface area contributed by atoms with Crippen LogP contribution in [-0.4, -0.2) is 5.11 Å². The molecule has 0 saturated carbocycles. The maximum absolute atomic E-state index is 9.25. The number of hydrogen-bond donors (Lipinski definition) is 1. The molecule has 1 aliphatic rings. The molecule has 1 nitrogen and oxygen atoms in total. The second-order valence-electron chi connectivity index (χ2n) is 5.05. The Bertz CT molecular complexity index is 425. The smallest absolute Gasteiger partial charge is 0.115 e. The first-order valence-corrected chi connectivity index (χ1v) is 6.31. The van der Waals surface area contributed by atoms with Crippen molar-refractivity contribution in [3.63, 3.8) is 0 Å². The molecular weight excluding hydrogens is 208 g/mol. The summed E-state index contributed by atoms with van der Waals surface area (Å²) in [6.45, 7) is 4.51. The number of aromatic hydroxyl groups is 1. The van der Waals surface area contributed by atoms with Crippen LogP contribution in [0.5, 0.6) is 5.75 Å². The molecule has 2 unspecified atom stereocenters. The van der Waals surface area contributed by atoms with Gasteiger partial charge in [-0.3, -0.25) is 0 Å². The maximum Gasteiger partial charge on any atom is 0.115 e. The Morgan fingerprint density at radius 2 is 2.00 bits per heavy atom. The highest BCUT2D eigenvalue weighted by Gasteiger charge is 2.11. The Morgan fingerprint density at radius 1 is 1.29 bits per heavy atom. The first-order valence-electron chi connectivity index (χ1n) is 6.31. The van der Waals surface area contributed by atoms with Gasteiger partial charge in [-0.25, -0.2) is 0 Å². The molecule has 0 amide bonds. The van der Waals surface area contributed by atoms with Gasteiger partial charge in [-0.1, -0.05) is 44.2 Å². The molecule has 0 aromatic heterocycles. The number of phenolic OH excluding ortho intramolecular Hbond substituents is 1. The van der Waals surface area contributed by atoms with Crippen molar-refractivity contribution < 1.29 is 5.11 Å². The Labute approximate surface area is 103 Å². The Hall–Kier alpha value is -1.50. The van der Waals surface area contributed by atoms with Gasteiger partial charge in [-0.2, -0.15) is 0 Å². The van der Waals surface area contributed by atoms with Crippen LogP contribution in [0.4, 0.5) is 0 Å². The van der Waals surface area contributed by atoms with Crippen molar-refractivity contribution in [1.82, 2.24) is 0 Å². The Morgan fingerprint density at radius 3 is 2.59 bits per heavy atom. The van der Waals surface area contributed by atoms with Crippen molar-refractivity contribution in [2.24, 2.45) is 11.8 Å². The monoisotopic (exact) mass is 228 g/mol. The summed E-state index contributed by atoms with van der Waals surface area (Å²) in [7, 11) is 0. The summed E-state index contributed by atoms with van der Waals surface area (Å²) in [6, 6.07) is 7.52. The van der Waals surface area contributed by atoms with Crippen molar-refractivity contribution in [2.75, 3.05) is 0 Å². The molecule has 0 aliphatic heterocycles. The van der Waals surface area contributed by atoms with E-state index in [-0.39, 0.29) is 0 Å². The van der Waals surface area contributed by atoms with E-state index < -0.39 is 0 Å². The summed E-state index contributed by atoms with van der Waals surface area (Å²) in [6.07, 6.45) is 9.11. The standard InChI is InChI=1S/C16H20O/c1-12-3-7-15(8-4-12)13(2)11-14-5-9-16(17)10-6-14/h3,5-10,12-13,17H,4,11H2,1-2H3. The highest BCUT2D eigenvalue weighted by molar-refractivity contribution is 5.30. The molecule has 1 heteroatoms. The van der Waals surface area contributed by atoms with E-state index in [2.05, 4.69) is 32.1 Å². The largest absolute Gasteiger partial charge is 0.508 e. The van der Waals surface area contributed by atoms with Crippen molar-refractivity contribution in [3.8, 4) is 5.75 Å². The van der Waals surface area contributed by atoms with Gasteiger partial charge in [0.1, 0.15) is 5.75 Å². The molecule has 1 aliphatic carbocycles. The van der Waals surface area contributed by atoms with Gasteiger partial charge >= 0.3 is 0 Å². The van der Waals surface area contributed by atoms with E-state index in [1.165, 1.54) is 11.1 Å². The fourth-order valence-corrected chi connectivity index (χ4v) is 2.21. The zero-order chi connectivity index (χ0) is 12.3. The molecule has 0 fully saturated rings. The molecule has 1 N–H and O–H groups in total. The van der Waals surface area contributed by atoms with Crippen LogP contribution in [0.25, 0.3) is 0 Å². The normalized spacial score (nSPS) is 21.1. The van der Waals surface area contributed by atoms with Crippen LogP contribution in [0.3, 0.4) is 0 Å². The van der Waals surface area contributed by atoms with Crippen LogP contribution >= 0.6 is 0 Å². The number of allylic oxidation sites excluding steroid dienone is 4. The maximum atomic E-state index is 9.25. The number of hydrogen-bond acceptors (Lipinski definition) is 1. The fraction of sp³-hybridized carbons (Fsp3) is 0.375. The zero-order valence-electron chi connectivity index (χ0n) is 10.6. The molecule has 90 valence electrons. The molecule has 0 spiro atoms. The average molecular weight is 228 g/mol. The van der Waals surface area contributed by atoms with E-state index in [9.17, 15) is 5.11 Å². The van der Waals surface area contributed by atoms with Crippen molar-refractivity contribution >= 4 is 0 Å². The summed E-state index contributed by atoms with van der Waals surface area (Å²) >= 11 is 0. The van der Waals surface area contributed by atoms with Crippen molar-refractivity contribution in [3.05, 3.63) is 53.6 Å². The Balaban J connectivity index is 2.00. The average Bonchev–Trinajstić information content (AvgIpc) is 2.33. The quantitative estimate of drug-likeness (QED) is 0.826. The van der Waals surface area contributed by atoms with Crippen LogP contribution in [0.1, 0.15) is 25.8 Å². The molecule has 2 atom stereocenters. The highest BCUT2D eigenvalue weighted by atomic mass is 16.3. The van der Waals surface area contributed by atoms with Gasteiger partial charge in [0, 0.05) is 0 Å².